The second kappa shape index (κ2) is 6.10. The molecule has 0 saturated carbocycles. The van der Waals surface area contributed by atoms with Gasteiger partial charge in [-0.15, -0.1) is 0 Å². The maximum absolute atomic E-state index is 13.4. The van der Waals surface area contributed by atoms with Crippen LogP contribution < -0.4 is 10.6 Å². The van der Waals surface area contributed by atoms with Crippen molar-refractivity contribution in [3.63, 3.8) is 0 Å². The number of carbonyl (C=O) groups is 3. The molecule has 3 fully saturated rings. The summed E-state index contributed by atoms with van der Waals surface area (Å²) in [6.45, 7) is 2.41. The molecule has 148 valence electrons. The zero-order chi connectivity index (χ0) is 19.6. The number of rotatable bonds is 3. The van der Waals surface area contributed by atoms with Gasteiger partial charge in [0.1, 0.15) is 5.54 Å². The third kappa shape index (κ3) is 2.19. The summed E-state index contributed by atoms with van der Waals surface area (Å²) in [5.74, 6) is -2.73. The standard InChI is InChI=1S/C20H23N3O5/c1-10(24)16-14-15(18(26)23(17(14)25)9-11-5-4-8-28-11)20(22-16)12-6-2-3-7-13(12)21-19(20)27/h2-3,6-7,10-11,14-16,22,24H,4-5,8-9H2,1H3,(H,21,27)/t10-,11+,14+,15+,16-,20+/m1/s1. The van der Waals surface area contributed by atoms with Gasteiger partial charge in [0.2, 0.25) is 17.7 Å². The molecule has 3 N–H and O–H groups in total. The van der Waals surface area contributed by atoms with Crippen molar-refractivity contribution in [2.75, 3.05) is 18.5 Å². The Morgan fingerprint density at radius 3 is 2.79 bits per heavy atom. The fourth-order valence-corrected chi connectivity index (χ4v) is 5.33. The van der Waals surface area contributed by atoms with E-state index < -0.39 is 29.5 Å². The predicted octanol–water partition coefficient (Wildman–Crippen LogP) is -0.0332. The van der Waals surface area contributed by atoms with Gasteiger partial charge in [0.05, 0.1) is 30.6 Å². The Balaban J connectivity index is 1.59. The average Bonchev–Trinajstić information content (AvgIpc) is 3.41. The molecule has 0 aromatic heterocycles. The number of hydrogen-bond donors (Lipinski definition) is 3. The lowest BCUT2D eigenvalue weighted by Gasteiger charge is -2.30. The van der Waals surface area contributed by atoms with Crippen LogP contribution in [0.1, 0.15) is 25.3 Å². The van der Waals surface area contributed by atoms with Gasteiger partial charge in [-0.05, 0) is 25.8 Å². The topological polar surface area (TPSA) is 108 Å². The molecule has 3 amide bonds. The van der Waals surface area contributed by atoms with Gasteiger partial charge in [-0.1, -0.05) is 18.2 Å². The third-order valence-electron chi connectivity index (χ3n) is 6.58. The number of hydrogen-bond acceptors (Lipinski definition) is 6. The van der Waals surface area contributed by atoms with Gasteiger partial charge in [0, 0.05) is 23.9 Å². The third-order valence-corrected chi connectivity index (χ3v) is 6.58. The Hall–Kier alpha value is -2.29. The van der Waals surface area contributed by atoms with Gasteiger partial charge in [0.25, 0.3) is 0 Å². The first-order chi connectivity index (χ1) is 13.4. The molecule has 4 aliphatic heterocycles. The molecule has 0 radical (unpaired) electrons. The maximum Gasteiger partial charge on any atom is 0.250 e. The van der Waals surface area contributed by atoms with Gasteiger partial charge >= 0.3 is 0 Å². The highest BCUT2D eigenvalue weighted by atomic mass is 16.5. The van der Waals surface area contributed by atoms with Crippen LogP contribution in [0.15, 0.2) is 24.3 Å². The zero-order valence-electron chi connectivity index (χ0n) is 15.6. The highest BCUT2D eigenvalue weighted by molar-refractivity contribution is 6.15. The van der Waals surface area contributed by atoms with E-state index in [1.54, 1.807) is 25.1 Å². The van der Waals surface area contributed by atoms with Gasteiger partial charge in [-0.2, -0.15) is 0 Å². The summed E-state index contributed by atoms with van der Waals surface area (Å²) in [5, 5.41) is 16.4. The second-order valence-electron chi connectivity index (χ2n) is 8.14. The van der Waals surface area contributed by atoms with E-state index in [4.69, 9.17) is 4.74 Å². The molecule has 4 aliphatic rings. The van der Waals surface area contributed by atoms with Crippen LogP contribution in [0.4, 0.5) is 5.69 Å². The number of aliphatic hydroxyl groups excluding tert-OH is 1. The van der Waals surface area contributed by atoms with Gasteiger partial charge in [-0.25, -0.2) is 0 Å². The lowest BCUT2D eigenvalue weighted by atomic mass is 9.76. The molecule has 3 saturated heterocycles. The number of fused-ring (bicyclic) bond motifs is 4. The fourth-order valence-electron chi connectivity index (χ4n) is 5.33. The minimum Gasteiger partial charge on any atom is -0.392 e. The van der Waals surface area contributed by atoms with Crippen molar-refractivity contribution in [3.05, 3.63) is 29.8 Å². The van der Waals surface area contributed by atoms with Crippen molar-refractivity contribution in [1.29, 1.82) is 0 Å². The van der Waals surface area contributed by atoms with Crippen molar-refractivity contribution >= 4 is 23.4 Å². The monoisotopic (exact) mass is 385 g/mol. The van der Waals surface area contributed by atoms with Crippen LogP contribution in [0, 0.1) is 11.8 Å². The summed E-state index contributed by atoms with van der Waals surface area (Å²) < 4.78 is 5.61. The first-order valence-corrected chi connectivity index (χ1v) is 9.78. The molecule has 28 heavy (non-hydrogen) atoms. The number of para-hydroxylation sites is 1. The highest BCUT2D eigenvalue weighted by Crippen LogP contribution is 2.53. The van der Waals surface area contributed by atoms with Crippen LogP contribution in [0.2, 0.25) is 0 Å². The number of aliphatic hydroxyl groups is 1. The number of imide groups is 1. The Bertz CT molecular complexity index is 865. The number of benzene rings is 1. The zero-order valence-corrected chi connectivity index (χ0v) is 15.6. The van der Waals surface area contributed by atoms with E-state index in [1.165, 1.54) is 4.90 Å². The van der Waals surface area contributed by atoms with Gasteiger partial charge in [-0.3, -0.25) is 24.6 Å². The first-order valence-electron chi connectivity index (χ1n) is 9.78. The van der Waals surface area contributed by atoms with E-state index in [9.17, 15) is 19.5 Å². The van der Waals surface area contributed by atoms with Crippen molar-refractivity contribution < 1.29 is 24.2 Å². The number of nitrogens with one attached hydrogen (secondary N) is 2. The molecule has 4 heterocycles. The van der Waals surface area contributed by atoms with Crippen LogP contribution in [-0.4, -0.2) is 59.1 Å². The molecule has 6 atom stereocenters. The largest absolute Gasteiger partial charge is 0.392 e. The highest BCUT2D eigenvalue weighted by Gasteiger charge is 2.71. The molecule has 1 aromatic carbocycles. The van der Waals surface area contributed by atoms with Crippen LogP contribution in [0.3, 0.4) is 0 Å². The van der Waals surface area contributed by atoms with E-state index in [2.05, 4.69) is 10.6 Å². The molecule has 0 unspecified atom stereocenters. The Labute approximate surface area is 162 Å². The average molecular weight is 385 g/mol. The molecule has 0 bridgehead atoms. The molecular formula is C20H23N3O5. The van der Waals surface area contributed by atoms with Crippen molar-refractivity contribution in [3.8, 4) is 0 Å². The molecule has 1 spiro atoms. The number of likely N-dealkylation sites (tertiary alicyclic amines) is 1. The van der Waals surface area contributed by atoms with Crippen LogP contribution in [-0.2, 0) is 24.7 Å². The summed E-state index contributed by atoms with van der Waals surface area (Å²) in [6, 6.07) is 6.50. The number of carbonyl (C=O) groups excluding carboxylic acids is 3. The summed E-state index contributed by atoms with van der Waals surface area (Å²) in [7, 11) is 0. The maximum atomic E-state index is 13.4. The Morgan fingerprint density at radius 2 is 2.07 bits per heavy atom. The summed E-state index contributed by atoms with van der Waals surface area (Å²) in [5.41, 5.74) is -0.0675. The SMILES string of the molecule is C[C@@H](O)[C@H]1N[C@]2(C(=O)Nc3ccccc32)[C@@H]2C(=O)N(C[C@@H]3CCCO3)C(=O)[C@H]12. The van der Waals surface area contributed by atoms with Crippen molar-refractivity contribution in [2.45, 2.75) is 43.6 Å². The van der Waals surface area contributed by atoms with Gasteiger partial charge < -0.3 is 15.2 Å². The number of ether oxygens (including phenoxy) is 1. The lowest BCUT2D eigenvalue weighted by Crippen LogP contribution is -2.55. The molecule has 8 heteroatoms. The van der Waals surface area contributed by atoms with E-state index in [0.717, 1.165) is 12.8 Å². The fraction of sp³-hybridized carbons (Fsp3) is 0.550. The number of anilines is 1. The molecule has 0 aliphatic carbocycles. The predicted molar refractivity (Wildman–Crippen MR) is 98.0 cm³/mol. The quantitative estimate of drug-likeness (QED) is 0.631. The van der Waals surface area contributed by atoms with E-state index >= 15 is 0 Å². The molecule has 1 aromatic rings. The van der Waals surface area contributed by atoms with Crippen LogP contribution in [0.5, 0.6) is 0 Å². The second-order valence-corrected chi connectivity index (χ2v) is 8.14. The molecular weight excluding hydrogens is 362 g/mol. The summed E-state index contributed by atoms with van der Waals surface area (Å²) in [6.07, 6.45) is 0.654. The number of amides is 3. The molecule has 8 nitrogen and oxygen atoms in total. The van der Waals surface area contributed by atoms with E-state index in [1.807, 2.05) is 6.07 Å². The summed E-state index contributed by atoms with van der Waals surface area (Å²) >= 11 is 0. The normalized spacial score (nSPS) is 37.5. The Morgan fingerprint density at radius 1 is 1.29 bits per heavy atom. The van der Waals surface area contributed by atoms with Crippen molar-refractivity contribution in [2.24, 2.45) is 11.8 Å². The van der Waals surface area contributed by atoms with Crippen LogP contribution in [0.25, 0.3) is 0 Å². The number of nitrogens with zero attached hydrogens (tertiary/aromatic N) is 1. The lowest BCUT2D eigenvalue weighted by molar-refractivity contribution is -0.144. The minimum absolute atomic E-state index is 0.162. The molecule has 5 rings (SSSR count). The summed E-state index contributed by atoms with van der Waals surface area (Å²) in [4.78, 5) is 41.0. The van der Waals surface area contributed by atoms with Gasteiger partial charge in [0.15, 0.2) is 0 Å². The minimum atomic E-state index is -1.35. The Kier molecular flexibility index (Phi) is 3.88. The van der Waals surface area contributed by atoms with E-state index in [-0.39, 0.29) is 30.4 Å². The smallest absolute Gasteiger partial charge is 0.250 e. The first kappa shape index (κ1) is 17.8. The van der Waals surface area contributed by atoms with Crippen molar-refractivity contribution in [1.82, 2.24) is 10.2 Å². The van der Waals surface area contributed by atoms with Crippen LogP contribution >= 0.6 is 0 Å². The van der Waals surface area contributed by atoms with E-state index in [0.29, 0.717) is 17.9 Å².